The molecular formula is C20H19O2P. The van der Waals surface area contributed by atoms with Gasteiger partial charge in [0.1, 0.15) is 0 Å². The molecule has 0 N–H and O–H groups in total. The van der Waals surface area contributed by atoms with E-state index in [0.29, 0.717) is 12.2 Å². The normalized spacial score (nSPS) is 11.3. The van der Waals surface area contributed by atoms with Gasteiger partial charge in [-0.2, -0.15) is 0 Å². The van der Waals surface area contributed by atoms with E-state index in [0.717, 1.165) is 11.1 Å². The number of ether oxygens (including phenoxy) is 1. The standard InChI is InChI=1S/C20H19O2P/c1-3-22-20(21)17-14-23(2)19(16-12-8-5-9-13-16)18(17)15-10-6-4-7-11-15/h4-14H,3H2,1-2H3. The van der Waals surface area contributed by atoms with Gasteiger partial charge in [-0.3, -0.25) is 0 Å². The average molecular weight is 322 g/mol. The first-order valence-corrected chi connectivity index (χ1v) is 9.55. The van der Waals surface area contributed by atoms with Crippen molar-refractivity contribution in [3.05, 3.63) is 72.0 Å². The van der Waals surface area contributed by atoms with Crippen molar-refractivity contribution in [3.63, 3.8) is 0 Å². The minimum absolute atomic E-state index is 0.230. The molecule has 3 heteroatoms. The lowest BCUT2D eigenvalue weighted by Crippen LogP contribution is -2.04. The molecule has 0 spiro atoms. The van der Waals surface area contributed by atoms with Crippen molar-refractivity contribution in [3.8, 4) is 22.0 Å². The van der Waals surface area contributed by atoms with Gasteiger partial charge in [0.05, 0.1) is 12.2 Å². The molecule has 0 aliphatic rings. The molecule has 1 atom stereocenters. The highest BCUT2D eigenvalue weighted by atomic mass is 31.1. The van der Waals surface area contributed by atoms with Gasteiger partial charge in [0.15, 0.2) is 0 Å². The van der Waals surface area contributed by atoms with Crippen LogP contribution in [0.25, 0.3) is 22.0 Å². The van der Waals surface area contributed by atoms with Crippen LogP contribution in [-0.2, 0) is 11.4 Å². The number of rotatable bonds is 4. The lowest BCUT2D eigenvalue weighted by atomic mass is 9.98. The van der Waals surface area contributed by atoms with Crippen LogP contribution in [0.4, 0.5) is 0 Å². The van der Waals surface area contributed by atoms with Crippen LogP contribution in [0.3, 0.4) is 0 Å². The zero-order chi connectivity index (χ0) is 16.2. The van der Waals surface area contributed by atoms with Crippen LogP contribution in [0.2, 0.25) is 0 Å². The van der Waals surface area contributed by atoms with Crippen LogP contribution in [0.15, 0.2) is 66.5 Å². The molecule has 0 saturated heterocycles. The molecule has 3 aromatic rings. The van der Waals surface area contributed by atoms with Gasteiger partial charge in [-0.05, 0) is 30.5 Å². The molecule has 3 rings (SSSR count). The van der Waals surface area contributed by atoms with Crippen LogP contribution >= 0.6 is 7.53 Å². The summed E-state index contributed by atoms with van der Waals surface area (Å²) >= 11 is 0. The first-order valence-electron chi connectivity index (χ1n) is 7.69. The topological polar surface area (TPSA) is 26.3 Å². The quantitative estimate of drug-likeness (QED) is 0.574. The van der Waals surface area contributed by atoms with E-state index in [1.54, 1.807) is 0 Å². The molecule has 0 aliphatic heterocycles. The Balaban J connectivity index is 2.26. The monoisotopic (exact) mass is 322 g/mol. The van der Waals surface area contributed by atoms with Gasteiger partial charge in [-0.25, -0.2) is 4.79 Å². The highest BCUT2D eigenvalue weighted by Gasteiger charge is 2.22. The second-order valence-electron chi connectivity index (χ2n) is 5.33. The summed E-state index contributed by atoms with van der Waals surface area (Å²) in [6.07, 6.45) is 0. The van der Waals surface area contributed by atoms with Crippen molar-refractivity contribution in [1.29, 1.82) is 0 Å². The number of carbonyl (C=O) groups is 1. The zero-order valence-corrected chi connectivity index (χ0v) is 14.2. The Labute approximate surface area is 137 Å². The largest absolute Gasteiger partial charge is 0.462 e. The van der Waals surface area contributed by atoms with E-state index < -0.39 is 7.53 Å². The number of aryl methyl sites for hydroxylation is 1. The number of hydrogen-bond donors (Lipinski definition) is 0. The van der Waals surface area contributed by atoms with Gasteiger partial charge < -0.3 is 4.74 Å². The zero-order valence-electron chi connectivity index (χ0n) is 13.3. The molecule has 0 amide bonds. The van der Waals surface area contributed by atoms with Crippen molar-refractivity contribution in [2.75, 3.05) is 6.61 Å². The first kappa shape index (κ1) is 15.6. The Morgan fingerprint density at radius 1 is 0.957 bits per heavy atom. The Bertz CT molecular complexity index is 804. The fourth-order valence-corrected chi connectivity index (χ4v) is 4.74. The van der Waals surface area contributed by atoms with Gasteiger partial charge >= 0.3 is 5.97 Å². The molecule has 116 valence electrons. The summed E-state index contributed by atoms with van der Waals surface area (Å²) in [6.45, 7) is 4.42. The number of benzene rings is 2. The van der Waals surface area contributed by atoms with Gasteiger partial charge in [0, 0.05) is 10.9 Å². The molecule has 0 fully saturated rings. The van der Waals surface area contributed by atoms with Gasteiger partial charge in [0.2, 0.25) is 0 Å². The van der Waals surface area contributed by atoms with E-state index in [1.165, 1.54) is 10.9 Å². The molecular weight excluding hydrogens is 303 g/mol. The molecule has 1 heterocycles. The first-order chi connectivity index (χ1) is 11.2. The summed E-state index contributed by atoms with van der Waals surface area (Å²) in [5, 5.41) is 1.25. The highest BCUT2D eigenvalue weighted by Crippen LogP contribution is 2.49. The Morgan fingerprint density at radius 3 is 2.09 bits per heavy atom. The lowest BCUT2D eigenvalue weighted by molar-refractivity contribution is 0.0528. The van der Waals surface area contributed by atoms with Gasteiger partial charge in [-0.15, -0.1) is 7.53 Å². The number of carbonyl (C=O) groups excluding carboxylic acids is 1. The van der Waals surface area contributed by atoms with E-state index in [-0.39, 0.29) is 5.97 Å². The predicted octanol–water partition coefficient (Wildman–Crippen LogP) is 5.72. The third kappa shape index (κ3) is 3.09. The van der Waals surface area contributed by atoms with Gasteiger partial charge in [0.25, 0.3) is 0 Å². The van der Waals surface area contributed by atoms with E-state index in [9.17, 15) is 4.79 Å². The summed E-state index contributed by atoms with van der Waals surface area (Å²) in [7, 11) is -0.533. The van der Waals surface area contributed by atoms with Crippen molar-refractivity contribution in [1.82, 2.24) is 0 Å². The summed E-state index contributed by atoms with van der Waals surface area (Å²) in [6, 6.07) is 20.4. The summed E-state index contributed by atoms with van der Waals surface area (Å²) < 4.78 is 5.28. The minimum atomic E-state index is -0.533. The molecule has 23 heavy (non-hydrogen) atoms. The third-order valence-corrected chi connectivity index (χ3v) is 5.62. The summed E-state index contributed by atoms with van der Waals surface area (Å²) in [5.41, 5.74) is 3.96. The minimum Gasteiger partial charge on any atom is -0.462 e. The van der Waals surface area contributed by atoms with Crippen LogP contribution in [0, 0.1) is 0 Å². The smallest absolute Gasteiger partial charge is 0.339 e. The number of esters is 1. The van der Waals surface area contributed by atoms with Crippen LogP contribution < -0.4 is 0 Å². The Kier molecular flexibility index (Phi) is 4.64. The molecule has 2 aromatic carbocycles. The average Bonchev–Trinajstić information content (AvgIpc) is 2.94. The molecule has 0 radical (unpaired) electrons. The van der Waals surface area contributed by atoms with E-state index in [2.05, 4.69) is 36.7 Å². The van der Waals surface area contributed by atoms with Gasteiger partial charge in [-0.1, -0.05) is 60.7 Å². The molecule has 0 aliphatic carbocycles. The van der Waals surface area contributed by atoms with Crippen LogP contribution in [0.1, 0.15) is 17.3 Å². The van der Waals surface area contributed by atoms with Crippen molar-refractivity contribution < 1.29 is 9.53 Å². The molecule has 1 unspecified atom stereocenters. The Morgan fingerprint density at radius 2 is 1.52 bits per heavy atom. The molecule has 0 saturated carbocycles. The fraction of sp³-hybridized carbons (Fsp3) is 0.150. The van der Waals surface area contributed by atoms with E-state index in [4.69, 9.17) is 4.74 Å². The van der Waals surface area contributed by atoms with E-state index >= 15 is 0 Å². The maximum Gasteiger partial charge on any atom is 0.339 e. The number of hydrogen-bond acceptors (Lipinski definition) is 2. The molecule has 0 bridgehead atoms. The lowest BCUT2D eigenvalue weighted by Gasteiger charge is -2.10. The second-order valence-corrected chi connectivity index (χ2v) is 7.26. The molecule has 1 aromatic heterocycles. The van der Waals surface area contributed by atoms with Crippen molar-refractivity contribution in [2.24, 2.45) is 6.66 Å². The maximum absolute atomic E-state index is 12.4. The van der Waals surface area contributed by atoms with Crippen molar-refractivity contribution >= 4 is 13.5 Å². The third-order valence-electron chi connectivity index (χ3n) is 3.79. The fourth-order valence-electron chi connectivity index (χ4n) is 2.83. The predicted molar refractivity (Wildman–Crippen MR) is 97.0 cm³/mol. The summed E-state index contributed by atoms with van der Waals surface area (Å²) in [5.74, 6) is 1.85. The van der Waals surface area contributed by atoms with Crippen LogP contribution in [0.5, 0.6) is 0 Å². The Hall–Kier alpha value is -2.31. The van der Waals surface area contributed by atoms with E-state index in [1.807, 2.05) is 43.3 Å². The van der Waals surface area contributed by atoms with Crippen LogP contribution in [-0.4, -0.2) is 12.6 Å². The van der Waals surface area contributed by atoms with Crippen molar-refractivity contribution in [2.45, 2.75) is 6.92 Å². The SMILES string of the molecule is CCOC(=O)c1cp(C)c(-c2ccccc2)c1-c1ccccc1. The maximum atomic E-state index is 12.4. The summed E-state index contributed by atoms with van der Waals surface area (Å²) in [4.78, 5) is 12.4. The molecule has 2 nitrogen and oxygen atoms in total. The highest BCUT2D eigenvalue weighted by molar-refractivity contribution is 7.51. The second kappa shape index (κ2) is 6.85.